The molecule has 0 unspecified atom stereocenters. The molecule has 0 aliphatic heterocycles. The second-order valence-corrected chi connectivity index (χ2v) is 6.21. The summed E-state index contributed by atoms with van der Waals surface area (Å²) in [7, 11) is 0. The second-order valence-electron chi connectivity index (χ2n) is 4.42. The molecule has 3 aromatic rings. The zero-order valence-corrected chi connectivity index (χ0v) is 14.0. The Bertz CT molecular complexity index is 849. The topological polar surface area (TPSA) is 54.9 Å². The second kappa shape index (κ2) is 5.71. The van der Waals surface area contributed by atoms with Gasteiger partial charge in [0.2, 0.25) is 0 Å². The molecule has 1 heterocycles. The Morgan fingerprint density at radius 3 is 2.90 bits per heavy atom. The molecule has 0 aliphatic rings. The number of rotatable bonds is 2. The van der Waals surface area contributed by atoms with Crippen molar-refractivity contribution in [3.63, 3.8) is 0 Å². The summed E-state index contributed by atoms with van der Waals surface area (Å²) in [6.07, 6.45) is 0. The third-order valence-corrected chi connectivity index (χ3v) is 4.84. The number of carbonyl (C=O) groups excluding carboxylic acids is 1. The minimum absolute atomic E-state index is 0.226. The molecular formula is C14H9BrClN3OS. The standard InChI is InChI=1S/C14H9BrClN3OS/c1-7-8(3-2-4-9(7)15)14(20)17-12-10(16)5-6-11-13(12)19-21-18-11/h2-6H,1H3,(H,17,20). The fourth-order valence-electron chi connectivity index (χ4n) is 1.98. The first kappa shape index (κ1) is 14.4. The zero-order chi connectivity index (χ0) is 15.0. The number of hydrogen-bond donors (Lipinski definition) is 1. The van der Waals surface area contributed by atoms with E-state index in [1.54, 1.807) is 18.2 Å². The SMILES string of the molecule is Cc1c(Br)cccc1C(=O)Nc1c(Cl)ccc2nsnc12. The van der Waals surface area contributed by atoms with Crippen molar-refractivity contribution in [2.75, 3.05) is 5.32 Å². The van der Waals surface area contributed by atoms with Gasteiger partial charge in [-0.25, -0.2) is 0 Å². The van der Waals surface area contributed by atoms with Crippen LogP contribution >= 0.6 is 39.3 Å². The molecule has 3 rings (SSSR count). The Balaban J connectivity index is 2.02. The van der Waals surface area contributed by atoms with Crippen LogP contribution in [0.4, 0.5) is 5.69 Å². The molecule has 0 saturated carbocycles. The third-order valence-electron chi connectivity index (χ3n) is 3.13. The van der Waals surface area contributed by atoms with Crippen LogP contribution < -0.4 is 5.32 Å². The van der Waals surface area contributed by atoms with Crippen molar-refractivity contribution in [3.8, 4) is 0 Å². The number of benzene rings is 2. The molecule has 7 heteroatoms. The minimum Gasteiger partial charge on any atom is -0.319 e. The van der Waals surface area contributed by atoms with Gasteiger partial charge in [-0.2, -0.15) is 8.75 Å². The summed E-state index contributed by atoms with van der Waals surface area (Å²) in [6.45, 7) is 1.88. The first-order valence-electron chi connectivity index (χ1n) is 6.05. The van der Waals surface area contributed by atoms with Crippen molar-refractivity contribution in [3.05, 3.63) is 51.0 Å². The molecule has 4 nitrogen and oxygen atoms in total. The van der Waals surface area contributed by atoms with E-state index in [2.05, 4.69) is 30.0 Å². The summed E-state index contributed by atoms with van der Waals surface area (Å²) >= 11 is 10.7. The van der Waals surface area contributed by atoms with E-state index in [0.29, 0.717) is 27.3 Å². The molecule has 0 bridgehead atoms. The minimum atomic E-state index is -0.226. The lowest BCUT2D eigenvalue weighted by Crippen LogP contribution is -2.14. The highest BCUT2D eigenvalue weighted by Crippen LogP contribution is 2.30. The van der Waals surface area contributed by atoms with Crippen molar-refractivity contribution < 1.29 is 4.79 Å². The third kappa shape index (κ3) is 2.66. The predicted molar refractivity (Wildman–Crippen MR) is 89.3 cm³/mol. The molecule has 0 aliphatic carbocycles. The lowest BCUT2D eigenvalue weighted by atomic mass is 10.1. The normalized spacial score (nSPS) is 10.8. The summed E-state index contributed by atoms with van der Waals surface area (Å²) in [4.78, 5) is 12.5. The highest BCUT2D eigenvalue weighted by molar-refractivity contribution is 9.10. The molecule has 21 heavy (non-hydrogen) atoms. The summed E-state index contributed by atoms with van der Waals surface area (Å²) in [5, 5.41) is 3.28. The molecule has 0 fully saturated rings. The van der Waals surface area contributed by atoms with Gasteiger partial charge in [-0.1, -0.05) is 33.6 Å². The number of hydrogen-bond acceptors (Lipinski definition) is 4. The van der Waals surface area contributed by atoms with E-state index in [-0.39, 0.29) is 5.91 Å². The van der Waals surface area contributed by atoms with Crippen molar-refractivity contribution in [1.29, 1.82) is 0 Å². The fraction of sp³-hybridized carbons (Fsp3) is 0.0714. The van der Waals surface area contributed by atoms with E-state index in [1.807, 2.05) is 19.1 Å². The molecule has 0 spiro atoms. The smallest absolute Gasteiger partial charge is 0.256 e. The maximum Gasteiger partial charge on any atom is 0.256 e. The van der Waals surface area contributed by atoms with Gasteiger partial charge in [-0.05, 0) is 36.8 Å². The summed E-state index contributed by atoms with van der Waals surface area (Å²) in [5.41, 5.74) is 3.27. The van der Waals surface area contributed by atoms with Crippen molar-refractivity contribution in [1.82, 2.24) is 8.75 Å². The first-order valence-corrected chi connectivity index (χ1v) is 7.95. The number of halogens is 2. The number of amides is 1. The van der Waals surface area contributed by atoms with Gasteiger partial charge in [0, 0.05) is 10.0 Å². The lowest BCUT2D eigenvalue weighted by molar-refractivity contribution is 0.102. The monoisotopic (exact) mass is 381 g/mol. The summed E-state index contributed by atoms with van der Waals surface area (Å²) in [5.74, 6) is -0.226. The van der Waals surface area contributed by atoms with Crippen molar-refractivity contribution >= 4 is 61.9 Å². The number of anilines is 1. The van der Waals surface area contributed by atoms with Crippen LogP contribution in [0.15, 0.2) is 34.8 Å². The molecule has 0 atom stereocenters. The van der Waals surface area contributed by atoms with E-state index in [1.165, 1.54) is 0 Å². The molecule has 1 N–H and O–H groups in total. The van der Waals surface area contributed by atoms with E-state index in [9.17, 15) is 4.79 Å². The zero-order valence-electron chi connectivity index (χ0n) is 10.9. The first-order chi connectivity index (χ1) is 10.1. The molecule has 1 aromatic heterocycles. The van der Waals surface area contributed by atoms with Gasteiger partial charge in [-0.15, -0.1) is 0 Å². The van der Waals surface area contributed by atoms with Gasteiger partial charge in [0.15, 0.2) is 0 Å². The van der Waals surface area contributed by atoms with Crippen LogP contribution in [0.1, 0.15) is 15.9 Å². The molecular weight excluding hydrogens is 374 g/mol. The summed E-state index contributed by atoms with van der Waals surface area (Å²) < 4.78 is 9.22. The molecule has 0 radical (unpaired) electrons. The number of carbonyl (C=O) groups is 1. The van der Waals surface area contributed by atoms with Gasteiger partial charge in [0.25, 0.3) is 5.91 Å². The molecule has 2 aromatic carbocycles. The van der Waals surface area contributed by atoms with Gasteiger partial charge in [0.05, 0.1) is 22.4 Å². The quantitative estimate of drug-likeness (QED) is 0.701. The molecule has 106 valence electrons. The van der Waals surface area contributed by atoms with Crippen molar-refractivity contribution in [2.24, 2.45) is 0 Å². The van der Waals surface area contributed by atoms with Gasteiger partial charge in [0.1, 0.15) is 11.0 Å². The van der Waals surface area contributed by atoms with Gasteiger partial charge < -0.3 is 5.32 Å². The Labute approximate surface area is 138 Å². The fourth-order valence-corrected chi connectivity index (χ4v) is 3.09. The van der Waals surface area contributed by atoms with Crippen LogP contribution in [0, 0.1) is 6.92 Å². The predicted octanol–water partition coefficient (Wildman–Crippen LogP) is 4.67. The highest BCUT2D eigenvalue weighted by atomic mass is 79.9. The number of nitrogens with zero attached hydrogens (tertiary/aromatic N) is 2. The largest absolute Gasteiger partial charge is 0.319 e. The average molecular weight is 383 g/mol. The number of aromatic nitrogens is 2. The number of fused-ring (bicyclic) bond motifs is 1. The maximum absolute atomic E-state index is 12.5. The Morgan fingerprint density at radius 2 is 2.10 bits per heavy atom. The van der Waals surface area contributed by atoms with Crippen LogP contribution in [0.25, 0.3) is 11.0 Å². The van der Waals surface area contributed by atoms with Gasteiger partial charge >= 0.3 is 0 Å². The van der Waals surface area contributed by atoms with Crippen LogP contribution in [0.2, 0.25) is 5.02 Å². The van der Waals surface area contributed by atoms with Gasteiger partial charge in [-0.3, -0.25) is 4.79 Å². The average Bonchev–Trinajstić information content (AvgIpc) is 2.93. The van der Waals surface area contributed by atoms with Crippen LogP contribution in [0.5, 0.6) is 0 Å². The lowest BCUT2D eigenvalue weighted by Gasteiger charge is -2.10. The highest BCUT2D eigenvalue weighted by Gasteiger charge is 2.16. The molecule has 0 saturated heterocycles. The van der Waals surface area contributed by atoms with E-state index >= 15 is 0 Å². The Kier molecular flexibility index (Phi) is 3.93. The van der Waals surface area contributed by atoms with E-state index in [4.69, 9.17) is 11.6 Å². The van der Waals surface area contributed by atoms with Crippen LogP contribution in [-0.2, 0) is 0 Å². The van der Waals surface area contributed by atoms with E-state index < -0.39 is 0 Å². The maximum atomic E-state index is 12.5. The van der Waals surface area contributed by atoms with Crippen LogP contribution in [0.3, 0.4) is 0 Å². The van der Waals surface area contributed by atoms with Crippen molar-refractivity contribution in [2.45, 2.75) is 6.92 Å². The van der Waals surface area contributed by atoms with E-state index in [0.717, 1.165) is 21.8 Å². The molecule has 1 amide bonds. The number of nitrogens with one attached hydrogen (secondary N) is 1. The Hall–Kier alpha value is -1.50. The summed E-state index contributed by atoms with van der Waals surface area (Å²) in [6, 6.07) is 8.96. The Morgan fingerprint density at radius 1 is 1.29 bits per heavy atom. The van der Waals surface area contributed by atoms with Crippen LogP contribution in [-0.4, -0.2) is 14.7 Å².